The maximum absolute atomic E-state index is 13.5. The van der Waals surface area contributed by atoms with Crippen molar-refractivity contribution >= 4 is 0 Å². The number of benzene rings is 1. The van der Waals surface area contributed by atoms with Gasteiger partial charge in [-0.3, -0.25) is 0 Å². The first kappa shape index (κ1) is 14.4. The van der Waals surface area contributed by atoms with Gasteiger partial charge >= 0.3 is 0 Å². The van der Waals surface area contributed by atoms with Gasteiger partial charge in [0.05, 0.1) is 0 Å². The van der Waals surface area contributed by atoms with E-state index in [9.17, 15) is 8.78 Å². The molecule has 1 aromatic carbocycles. The van der Waals surface area contributed by atoms with Crippen molar-refractivity contribution in [3.05, 3.63) is 35.4 Å². The second-order valence-electron chi connectivity index (χ2n) is 5.38. The van der Waals surface area contributed by atoms with Crippen LogP contribution >= 0.6 is 0 Å². The average Bonchev–Trinajstić information content (AvgIpc) is 2.39. The monoisotopic (exact) mass is 268 g/mol. The highest BCUT2D eigenvalue weighted by Gasteiger charge is 2.13. The number of nitrogens with zero attached hydrogens (tertiary/aromatic N) is 1. The molecule has 2 nitrogen and oxygen atoms in total. The number of hydrogen-bond donors (Lipinski definition) is 1. The topological polar surface area (TPSA) is 15.3 Å². The Balaban J connectivity index is 1.77. The standard InChI is InChI=1S/C15H22F2N2/c1-12(11-19-7-3-2-4-8-19)18-10-13-5-6-14(16)9-15(13)17/h5-6,9,12,18H,2-4,7-8,10-11H2,1H3. The zero-order valence-corrected chi connectivity index (χ0v) is 11.5. The van der Waals surface area contributed by atoms with E-state index in [1.54, 1.807) is 0 Å². The smallest absolute Gasteiger partial charge is 0.130 e. The van der Waals surface area contributed by atoms with E-state index in [0.29, 0.717) is 18.2 Å². The Kier molecular flexibility index (Phi) is 5.28. The van der Waals surface area contributed by atoms with Crippen LogP contribution in [0, 0.1) is 11.6 Å². The third kappa shape index (κ3) is 4.55. The Morgan fingerprint density at radius 3 is 2.63 bits per heavy atom. The summed E-state index contributed by atoms with van der Waals surface area (Å²) in [5.74, 6) is -1.000. The van der Waals surface area contributed by atoms with Crippen LogP contribution in [0.2, 0.25) is 0 Å². The molecular weight excluding hydrogens is 246 g/mol. The fraction of sp³-hybridized carbons (Fsp3) is 0.600. The first-order valence-electron chi connectivity index (χ1n) is 7.05. The maximum Gasteiger partial charge on any atom is 0.130 e. The lowest BCUT2D eigenvalue weighted by atomic mass is 10.1. The van der Waals surface area contributed by atoms with Crippen LogP contribution in [-0.4, -0.2) is 30.6 Å². The van der Waals surface area contributed by atoms with Crippen LogP contribution in [0.4, 0.5) is 8.78 Å². The molecule has 1 unspecified atom stereocenters. The average molecular weight is 268 g/mol. The van der Waals surface area contributed by atoms with E-state index in [0.717, 1.165) is 25.7 Å². The third-order valence-corrected chi connectivity index (χ3v) is 3.64. The molecular formula is C15H22F2N2. The van der Waals surface area contributed by atoms with Gasteiger partial charge in [0.25, 0.3) is 0 Å². The highest BCUT2D eigenvalue weighted by atomic mass is 19.1. The Labute approximate surface area is 113 Å². The van der Waals surface area contributed by atoms with Crippen LogP contribution in [0.5, 0.6) is 0 Å². The number of halogens is 2. The summed E-state index contributed by atoms with van der Waals surface area (Å²) in [5.41, 5.74) is 0.520. The predicted octanol–water partition coefficient (Wildman–Crippen LogP) is 2.93. The van der Waals surface area contributed by atoms with E-state index in [4.69, 9.17) is 0 Å². The Morgan fingerprint density at radius 1 is 1.21 bits per heavy atom. The molecule has 0 aliphatic carbocycles. The summed E-state index contributed by atoms with van der Waals surface area (Å²) in [7, 11) is 0. The van der Waals surface area contributed by atoms with Crippen LogP contribution in [0.25, 0.3) is 0 Å². The molecule has 1 fully saturated rings. The Hall–Kier alpha value is -1.00. The first-order valence-corrected chi connectivity index (χ1v) is 7.05. The van der Waals surface area contributed by atoms with Crippen molar-refractivity contribution in [2.75, 3.05) is 19.6 Å². The molecule has 1 aliphatic heterocycles. The molecule has 1 saturated heterocycles. The van der Waals surface area contributed by atoms with Crippen LogP contribution in [0.3, 0.4) is 0 Å². The highest BCUT2D eigenvalue weighted by Crippen LogP contribution is 2.11. The molecule has 0 radical (unpaired) electrons. The molecule has 19 heavy (non-hydrogen) atoms. The van der Waals surface area contributed by atoms with Gasteiger partial charge in [0.15, 0.2) is 0 Å². The number of piperidine rings is 1. The van der Waals surface area contributed by atoms with Gasteiger partial charge in [0, 0.05) is 30.8 Å². The van der Waals surface area contributed by atoms with E-state index in [1.165, 1.54) is 31.4 Å². The second kappa shape index (κ2) is 6.96. The molecule has 1 heterocycles. The number of rotatable bonds is 5. The fourth-order valence-electron chi connectivity index (χ4n) is 2.54. The summed E-state index contributed by atoms with van der Waals surface area (Å²) in [6.07, 6.45) is 3.89. The summed E-state index contributed by atoms with van der Waals surface area (Å²) in [6, 6.07) is 4.05. The van der Waals surface area contributed by atoms with Gasteiger partial charge in [-0.25, -0.2) is 8.78 Å². The fourth-order valence-corrected chi connectivity index (χ4v) is 2.54. The van der Waals surface area contributed by atoms with E-state index in [-0.39, 0.29) is 0 Å². The van der Waals surface area contributed by atoms with E-state index in [1.807, 2.05) is 0 Å². The van der Waals surface area contributed by atoms with Crippen molar-refractivity contribution in [3.63, 3.8) is 0 Å². The van der Waals surface area contributed by atoms with Crippen LogP contribution < -0.4 is 5.32 Å². The van der Waals surface area contributed by atoms with Crippen molar-refractivity contribution in [2.45, 2.75) is 38.8 Å². The van der Waals surface area contributed by atoms with Crippen molar-refractivity contribution < 1.29 is 8.78 Å². The summed E-state index contributed by atoms with van der Waals surface area (Å²) in [5, 5.41) is 3.30. The summed E-state index contributed by atoms with van der Waals surface area (Å²) in [6.45, 7) is 5.87. The largest absolute Gasteiger partial charge is 0.309 e. The lowest BCUT2D eigenvalue weighted by Crippen LogP contribution is -2.41. The molecule has 0 spiro atoms. The summed E-state index contributed by atoms with van der Waals surface area (Å²) >= 11 is 0. The van der Waals surface area contributed by atoms with Gasteiger partial charge in [-0.15, -0.1) is 0 Å². The van der Waals surface area contributed by atoms with Gasteiger partial charge < -0.3 is 10.2 Å². The Morgan fingerprint density at radius 2 is 1.95 bits per heavy atom. The molecule has 2 rings (SSSR count). The number of likely N-dealkylation sites (tertiary alicyclic amines) is 1. The van der Waals surface area contributed by atoms with E-state index >= 15 is 0 Å². The predicted molar refractivity (Wildman–Crippen MR) is 73.0 cm³/mol. The summed E-state index contributed by atoms with van der Waals surface area (Å²) in [4.78, 5) is 2.45. The van der Waals surface area contributed by atoms with Crippen molar-refractivity contribution in [1.29, 1.82) is 0 Å². The van der Waals surface area contributed by atoms with Crippen molar-refractivity contribution in [1.82, 2.24) is 10.2 Å². The van der Waals surface area contributed by atoms with E-state index < -0.39 is 11.6 Å². The normalized spacial score (nSPS) is 18.5. The van der Waals surface area contributed by atoms with Gasteiger partial charge in [-0.2, -0.15) is 0 Å². The number of nitrogens with one attached hydrogen (secondary N) is 1. The highest BCUT2D eigenvalue weighted by molar-refractivity contribution is 5.18. The minimum absolute atomic E-state index is 0.308. The molecule has 0 amide bonds. The van der Waals surface area contributed by atoms with Crippen LogP contribution in [0.1, 0.15) is 31.7 Å². The van der Waals surface area contributed by atoms with Gasteiger partial charge in [0.2, 0.25) is 0 Å². The lowest BCUT2D eigenvalue weighted by molar-refractivity contribution is 0.208. The van der Waals surface area contributed by atoms with Crippen molar-refractivity contribution in [3.8, 4) is 0 Å². The summed E-state index contributed by atoms with van der Waals surface area (Å²) < 4.78 is 26.3. The minimum atomic E-state index is -0.525. The Bertz CT molecular complexity index is 403. The van der Waals surface area contributed by atoms with Gasteiger partial charge in [0.1, 0.15) is 11.6 Å². The molecule has 106 valence electrons. The lowest BCUT2D eigenvalue weighted by Gasteiger charge is -2.29. The van der Waals surface area contributed by atoms with E-state index in [2.05, 4.69) is 17.1 Å². The molecule has 4 heteroatoms. The molecule has 1 aliphatic rings. The van der Waals surface area contributed by atoms with Gasteiger partial charge in [-0.05, 0) is 38.9 Å². The van der Waals surface area contributed by atoms with Gasteiger partial charge in [-0.1, -0.05) is 12.5 Å². The molecule has 0 saturated carbocycles. The quantitative estimate of drug-likeness (QED) is 0.883. The zero-order valence-electron chi connectivity index (χ0n) is 11.5. The zero-order chi connectivity index (χ0) is 13.7. The van der Waals surface area contributed by atoms with Crippen molar-refractivity contribution in [2.24, 2.45) is 0 Å². The molecule has 1 aromatic rings. The van der Waals surface area contributed by atoms with Crippen LogP contribution in [0.15, 0.2) is 18.2 Å². The second-order valence-corrected chi connectivity index (χ2v) is 5.38. The molecule has 0 bridgehead atoms. The SMILES string of the molecule is CC(CN1CCCCC1)NCc1ccc(F)cc1F. The number of hydrogen-bond acceptors (Lipinski definition) is 2. The molecule has 0 aromatic heterocycles. The molecule has 1 atom stereocenters. The minimum Gasteiger partial charge on any atom is -0.309 e. The first-order chi connectivity index (χ1) is 9.15. The van der Waals surface area contributed by atoms with Crippen LogP contribution in [-0.2, 0) is 6.54 Å². The third-order valence-electron chi connectivity index (χ3n) is 3.64. The maximum atomic E-state index is 13.5. The molecule has 1 N–H and O–H groups in total.